The molecule has 3 N–H and O–H groups in total. The number of hydrogen-bond donors (Lipinski definition) is 2. The summed E-state index contributed by atoms with van der Waals surface area (Å²) in [4.78, 5) is 4.33. The number of aromatic nitrogens is 1. The van der Waals surface area contributed by atoms with Crippen molar-refractivity contribution in [3.63, 3.8) is 0 Å². The lowest BCUT2D eigenvalue weighted by molar-refractivity contribution is 0.654. The average molecular weight is 175 g/mol. The Morgan fingerprint density at radius 1 is 1.54 bits per heavy atom. The first-order valence-electron chi connectivity index (χ1n) is 4.05. The Morgan fingerprint density at radius 2 is 2.23 bits per heavy atom. The van der Waals surface area contributed by atoms with Crippen LogP contribution in [-0.2, 0) is 0 Å². The largest absolute Gasteiger partial charge is 0.270 e. The summed E-state index contributed by atoms with van der Waals surface area (Å²) in [6.07, 6.45) is 5.27. The molecule has 68 valence electrons. The van der Waals surface area contributed by atoms with E-state index in [9.17, 15) is 0 Å². The van der Waals surface area contributed by atoms with Crippen LogP contribution < -0.4 is 11.3 Å². The molecular weight excluding hydrogens is 162 g/mol. The summed E-state index contributed by atoms with van der Waals surface area (Å²) in [7, 11) is 0. The van der Waals surface area contributed by atoms with Crippen LogP contribution in [0.2, 0.25) is 0 Å². The van der Waals surface area contributed by atoms with Gasteiger partial charge in [-0.05, 0) is 25.5 Å². The number of nitrogens with one attached hydrogen (secondary N) is 1. The Labute approximate surface area is 78.3 Å². The van der Waals surface area contributed by atoms with Crippen LogP contribution in [0.5, 0.6) is 0 Å². The summed E-state index contributed by atoms with van der Waals surface area (Å²) in [5.41, 5.74) is 5.43. The first-order chi connectivity index (χ1) is 6.19. The molecule has 13 heavy (non-hydrogen) atoms. The van der Waals surface area contributed by atoms with Gasteiger partial charge in [-0.2, -0.15) is 0 Å². The highest BCUT2D eigenvalue weighted by Crippen LogP contribution is 2.11. The maximum Gasteiger partial charge on any atom is 0.123 e. The molecule has 3 heteroatoms. The van der Waals surface area contributed by atoms with Crippen molar-refractivity contribution < 1.29 is 0 Å². The molecule has 0 saturated heterocycles. The maximum atomic E-state index is 5.27. The van der Waals surface area contributed by atoms with Crippen molar-refractivity contribution in [2.75, 3.05) is 0 Å². The summed E-state index contributed by atoms with van der Waals surface area (Å²) in [6.45, 7) is 3.95. The lowest BCUT2D eigenvalue weighted by Crippen LogP contribution is -2.27. The van der Waals surface area contributed by atoms with Gasteiger partial charge in [0.1, 0.15) is 6.04 Å². The summed E-state index contributed by atoms with van der Waals surface area (Å²) in [5.74, 6) is 7.79. The van der Waals surface area contributed by atoms with Gasteiger partial charge in [0.25, 0.3) is 0 Å². The zero-order valence-electron chi connectivity index (χ0n) is 7.83. The Bertz CT molecular complexity index is 339. The van der Waals surface area contributed by atoms with Crippen molar-refractivity contribution in [3.05, 3.63) is 29.1 Å². The average Bonchev–Trinajstić information content (AvgIpc) is 2.13. The molecule has 0 amide bonds. The van der Waals surface area contributed by atoms with Crippen molar-refractivity contribution in [1.29, 1.82) is 0 Å². The van der Waals surface area contributed by atoms with Crippen LogP contribution in [0.1, 0.15) is 23.0 Å². The summed E-state index contributed by atoms with van der Waals surface area (Å²) in [5, 5.41) is 0. The van der Waals surface area contributed by atoms with Gasteiger partial charge in [-0.25, -0.2) is 5.43 Å². The number of aryl methyl sites for hydroxylation is 2. The molecule has 1 rings (SSSR count). The molecule has 1 unspecified atom stereocenters. The van der Waals surface area contributed by atoms with Crippen LogP contribution in [-0.4, -0.2) is 4.98 Å². The lowest BCUT2D eigenvalue weighted by atomic mass is 10.1. The molecular formula is C10H13N3. The van der Waals surface area contributed by atoms with Crippen molar-refractivity contribution in [1.82, 2.24) is 10.4 Å². The highest BCUT2D eigenvalue weighted by molar-refractivity contribution is 5.25. The molecule has 0 aliphatic rings. The Hall–Kier alpha value is -1.37. The molecule has 0 aliphatic heterocycles. The number of terminal acetylenes is 1. The van der Waals surface area contributed by atoms with E-state index in [1.54, 1.807) is 0 Å². The fourth-order valence-electron chi connectivity index (χ4n) is 1.03. The van der Waals surface area contributed by atoms with E-state index in [0.29, 0.717) is 0 Å². The summed E-state index contributed by atoms with van der Waals surface area (Å²) >= 11 is 0. The van der Waals surface area contributed by atoms with Gasteiger partial charge >= 0.3 is 0 Å². The molecule has 0 radical (unpaired) electrons. The van der Waals surface area contributed by atoms with E-state index < -0.39 is 0 Å². The third-order valence-corrected chi connectivity index (χ3v) is 2.00. The predicted molar refractivity (Wildman–Crippen MR) is 52.6 cm³/mol. The van der Waals surface area contributed by atoms with Gasteiger partial charge in [0.15, 0.2) is 0 Å². The zero-order chi connectivity index (χ0) is 9.84. The van der Waals surface area contributed by atoms with Gasteiger partial charge in [0, 0.05) is 5.69 Å². The minimum atomic E-state index is -0.306. The van der Waals surface area contributed by atoms with Crippen molar-refractivity contribution in [2.24, 2.45) is 5.84 Å². The first kappa shape index (κ1) is 9.72. The number of hydrazine groups is 1. The van der Waals surface area contributed by atoms with E-state index in [2.05, 4.69) is 16.3 Å². The molecule has 1 heterocycles. The standard InChI is InChI=1S/C10H13N3/c1-4-9(13-11)10-6-5-7(2)8(3)12-10/h1,5-6,9,13H,11H2,2-3H3. The van der Waals surface area contributed by atoms with Gasteiger partial charge < -0.3 is 0 Å². The molecule has 1 atom stereocenters. The van der Waals surface area contributed by atoms with Crippen LogP contribution in [0.15, 0.2) is 12.1 Å². The second-order valence-electron chi connectivity index (χ2n) is 2.90. The molecule has 0 aromatic carbocycles. The number of nitrogens with two attached hydrogens (primary N) is 1. The molecule has 0 saturated carbocycles. The van der Waals surface area contributed by atoms with E-state index >= 15 is 0 Å². The van der Waals surface area contributed by atoms with Crippen LogP contribution in [0, 0.1) is 26.2 Å². The smallest absolute Gasteiger partial charge is 0.123 e. The molecule has 0 aliphatic carbocycles. The topological polar surface area (TPSA) is 50.9 Å². The van der Waals surface area contributed by atoms with E-state index in [-0.39, 0.29) is 6.04 Å². The quantitative estimate of drug-likeness (QED) is 0.398. The minimum absolute atomic E-state index is 0.306. The van der Waals surface area contributed by atoms with E-state index in [0.717, 1.165) is 17.0 Å². The van der Waals surface area contributed by atoms with Crippen LogP contribution in [0.25, 0.3) is 0 Å². The number of pyridine rings is 1. The van der Waals surface area contributed by atoms with Crippen molar-refractivity contribution in [3.8, 4) is 12.3 Å². The molecule has 0 spiro atoms. The predicted octanol–water partition coefficient (Wildman–Crippen LogP) is 0.836. The highest BCUT2D eigenvalue weighted by Gasteiger charge is 2.07. The minimum Gasteiger partial charge on any atom is -0.270 e. The maximum absolute atomic E-state index is 5.27. The molecule has 3 nitrogen and oxygen atoms in total. The Balaban J connectivity index is 3.04. The van der Waals surface area contributed by atoms with Crippen LogP contribution >= 0.6 is 0 Å². The first-order valence-corrected chi connectivity index (χ1v) is 4.05. The van der Waals surface area contributed by atoms with Crippen LogP contribution in [0.3, 0.4) is 0 Å². The van der Waals surface area contributed by atoms with Crippen molar-refractivity contribution in [2.45, 2.75) is 19.9 Å². The molecule has 1 aromatic heterocycles. The number of nitrogens with zero attached hydrogens (tertiary/aromatic N) is 1. The van der Waals surface area contributed by atoms with Gasteiger partial charge in [0.05, 0.1) is 5.69 Å². The second kappa shape index (κ2) is 4.04. The van der Waals surface area contributed by atoms with Gasteiger partial charge in [-0.1, -0.05) is 12.0 Å². The van der Waals surface area contributed by atoms with Gasteiger partial charge in [-0.15, -0.1) is 6.42 Å². The lowest BCUT2D eigenvalue weighted by Gasteiger charge is -2.09. The van der Waals surface area contributed by atoms with E-state index in [1.807, 2.05) is 26.0 Å². The number of rotatable bonds is 2. The zero-order valence-corrected chi connectivity index (χ0v) is 7.83. The summed E-state index contributed by atoms with van der Waals surface area (Å²) in [6, 6.07) is 3.56. The highest BCUT2D eigenvalue weighted by atomic mass is 15.2. The Kier molecular flexibility index (Phi) is 3.02. The van der Waals surface area contributed by atoms with Gasteiger partial charge in [-0.3, -0.25) is 10.8 Å². The van der Waals surface area contributed by atoms with Gasteiger partial charge in [0.2, 0.25) is 0 Å². The third-order valence-electron chi connectivity index (χ3n) is 2.00. The van der Waals surface area contributed by atoms with Crippen molar-refractivity contribution >= 4 is 0 Å². The fraction of sp³-hybridized carbons (Fsp3) is 0.300. The second-order valence-corrected chi connectivity index (χ2v) is 2.90. The Morgan fingerprint density at radius 3 is 2.69 bits per heavy atom. The third kappa shape index (κ3) is 2.05. The van der Waals surface area contributed by atoms with E-state index in [1.165, 1.54) is 0 Å². The number of hydrogen-bond acceptors (Lipinski definition) is 3. The SMILES string of the molecule is C#CC(NN)c1ccc(C)c(C)n1. The normalized spacial score (nSPS) is 12.2. The fourth-order valence-corrected chi connectivity index (χ4v) is 1.03. The molecule has 0 fully saturated rings. The summed E-state index contributed by atoms with van der Waals surface area (Å²) < 4.78 is 0. The molecule has 0 bridgehead atoms. The van der Waals surface area contributed by atoms with Crippen LogP contribution in [0.4, 0.5) is 0 Å². The monoisotopic (exact) mass is 175 g/mol. The molecule has 1 aromatic rings. The van der Waals surface area contributed by atoms with E-state index in [4.69, 9.17) is 12.3 Å².